The Bertz CT molecular complexity index is 837. The van der Waals surface area contributed by atoms with Gasteiger partial charge in [0.1, 0.15) is 5.82 Å². The Morgan fingerprint density at radius 2 is 1.66 bits per heavy atom. The van der Waals surface area contributed by atoms with Crippen LogP contribution in [0.3, 0.4) is 0 Å². The first kappa shape index (κ1) is 21.3. The van der Waals surface area contributed by atoms with Gasteiger partial charge < -0.3 is 19.7 Å². The van der Waals surface area contributed by atoms with Crippen LogP contribution in [-0.4, -0.2) is 55.3 Å². The molecule has 1 aliphatic heterocycles. The topological polar surface area (TPSA) is 37.0 Å². The monoisotopic (exact) mass is 417 g/mol. The molecule has 5 nitrogen and oxygen atoms in total. The molecule has 1 fully saturated rings. The number of piperazine rings is 1. The summed E-state index contributed by atoms with van der Waals surface area (Å²) < 4.78 is 23.8. The van der Waals surface area contributed by atoms with E-state index in [9.17, 15) is 4.39 Å². The van der Waals surface area contributed by atoms with Gasteiger partial charge >= 0.3 is 0 Å². The summed E-state index contributed by atoms with van der Waals surface area (Å²) in [6.07, 6.45) is 0. The maximum absolute atomic E-state index is 13.0. The van der Waals surface area contributed by atoms with E-state index in [4.69, 9.17) is 21.7 Å². The van der Waals surface area contributed by atoms with Gasteiger partial charge in [-0.15, -0.1) is 0 Å². The number of halogens is 1. The lowest BCUT2D eigenvalue weighted by atomic mass is 10.1. The molecular formula is C22H28FN3O2S. The molecule has 2 aromatic carbocycles. The van der Waals surface area contributed by atoms with E-state index in [1.165, 1.54) is 23.3 Å². The number of ether oxygens (including phenoxy) is 2. The van der Waals surface area contributed by atoms with Crippen molar-refractivity contribution in [2.45, 2.75) is 20.0 Å². The molecule has 3 rings (SSSR count). The molecule has 0 aliphatic carbocycles. The van der Waals surface area contributed by atoms with Crippen molar-refractivity contribution in [3.05, 3.63) is 58.9 Å². The fourth-order valence-corrected chi connectivity index (χ4v) is 3.69. The molecule has 0 atom stereocenters. The van der Waals surface area contributed by atoms with Crippen LogP contribution in [0.15, 0.2) is 36.4 Å². The van der Waals surface area contributed by atoms with E-state index in [0.29, 0.717) is 6.54 Å². The summed E-state index contributed by atoms with van der Waals surface area (Å²) >= 11 is 5.54. The van der Waals surface area contributed by atoms with Crippen molar-refractivity contribution < 1.29 is 13.9 Å². The van der Waals surface area contributed by atoms with Gasteiger partial charge in [-0.25, -0.2) is 4.39 Å². The highest BCUT2D eigenvalue weighted by atomic mass is 32.1. The lowest BCUT2D eigenvalue weighted by Crippen LogP contribution is -2.51. The molecule has 1 saturated heterocycles. The zero-order chi connectivity index (χ0) is 20.8. The van der Waals surface area contributed by atoms with Gasteiger partial charge in [0, 0.05) is 39.3 Å². The van der Waals surface area contributed by atoms with E-state index in [1.54, 1.807) is 26.4 Å². The van der Waals surface area contributed by atoms with Crippen molar-refractivity contribution in [2.24, 2.45) is 0 Å². The first-order chi connectivity index (χ1) is 14.0. The number of benzene rings is 2. The van der Waals surface area contributed by atoms with Gasteiger partial charge in [-0.05, 0) is 60.1 Å². The quantitative estimate of drug-likeness (QED) is 0.727. The Kier molecular flexibility index (Phi) is 7.28. The molecular weight excluding hydrogens is 389 g/mol. The highest BCUT2D eigenvalue weighted by Crippen LogP contribution is 2.31. The molecule has 2 aromatic rings. The highest BCUT2D eigenvalue weighted by molar-refractivity contribution is 7.80. The molecule has 1 heterocycles. The second kappa shape index (κ2) is 9.89. The van der Waals surface area contributed by atoms with E-state index in [2.05, 4.69) is 28.1 Å². The third-order valence-electron chi connectivity index (χ3n) is 5.25. The van der Waals surface area contributed by atoms with Crippen LogP contribution in [0, 0.1) is 12.7 Å². The fourth-order valence-electron chi connectivity index (χ4n) is 3.43. The average Bonchev–Trinajstić information content (AvgIpc) is 2.74. The van der Waals surface area contributed by atoms with Crippen LogP contribution in [0.25, 0.3) is 0 Å². The largest absolute Gasteiger partial charge is 0.493 e. The molecule has 0 spiro atoms. The third kappa shape index (κ3) is 5.58. The molecule has 29 heavy (non-hydrogen) atoms. The smallest absolute Gasteiger partial charge is 0.169 e. The predicted octanol–water partition coefficient (Wildman–Crippen LogP) is 3.34. The van der Waals surface area contributed by atoms with Crippen LogP contribution < -0.4 is 14.8 Å². The second-order valence-electron chi connectivity index (χ2n) is 7.18. The number of methoxy groups -OCH3 is 2. The highest BCUT2D eigenvalue weighted by Gasteiger charge is 2.20. The van der Waals surface area contributed by atoms with E-state index in [1.807, 2.05) is 6.07 Å². The summed E-state index contributed by atoms with van der Waals surface area (Å²) in [5.74, 6) is 1.30. The molecule has 0 bridgehead atoms. The summed E-state index contributed by atoms with van der Waals surface area (Å²) in [5, 5.41) is 4.02. The average molecular weight is 418 g/mol. The summed E-state index contributed by atoms with van der Waals surface area (Å²) in [7, 11) is 3.32. The van der Waals surface area contributed by atoms with Crippen LogP contribution in [0.5, 0.6) is 11.5 Å². The number of hydrogen-bond donors (Lipinski definition) is 1. The number of nitrogens with zero attached hydrogens (tertiary/aromatic N) is 2. The molecule has 7 heteroatoms. The second-order valence-corrected chi connectivity index (χ2v) is 7.57. The minimum absolute atomic E-state index is 0.225. The normalized spacial score (nSPS) is 14.6. The summed E-state index contributed by atoms with van der Waals surface area (Å²) in [6, 6.07) is 10.6. The standard InChI is InChI=1S/C22H28FN3O2S/c1-16-12-20(27-2)21(28-3)13-18(16)15-25-8-10-26(11-9-25)22(29)24-14-17-4-6-19(23)7-5-17/h4-7,12-13H,8-11,14-15H2,1-3H3,(H,24,29). The first-order valence-electron chi connectivity index (χ1n) is 9.71. The van der Waals surface area contributed by atoms with E-state index >= 15 is 0 Å². The van der Waals surface area contributed by atoms with E-state index in [-0.39, 0.29) is 5.82 Å². The molecule has 156 valence electrons. The Morgan fingerprint density at radius 3 is 2.28 bits per heavy atom. The number of hydrogen-bond acceptors (Lipinski definition) is 4. The lowest BCUT2D eigenvalue weighted by molar-refractivity contribution is 0.174. The number of aryl methyl sites for hydroxylation is 1. The summed E-state index contributed by atoms with van der Waals surface area (Å²) in [6.45, 7) is 7.20. The van der Waals surface area contributed by atoms with Crippen molar-refractivity contribution in [2.75, 3.05) is 40.4 Å². The zero-order valence-corrected chi connectivity index (χ0v) is 18.0. The molecule has 1 aliphatic rings. The van der Waals surface area contributed by atoms with Crippen LogP contribution in [0.2, 0.25) is 0 Å². The van der Waals surface area contributed by atoms with E-state index < -0.39 is 0 Å². The van der Waals surface area contributed by atoms with Crippen molar-refractivity contribution in [1.82, 2.24) is 15.1 Å². The van der Waals surface area contributed by atoms with Crippen molar-refractivity contribution >= 4 is 17.3 Å². The number of nitrogens with one attached hydrogen (secondary N) is 1. The van der Waals surface area contributed by atoms with Crippen LogP contribution in [0.4, 0.5) is 4.39 Å². The minimum Gasteiger partial charge on any atom is -0.493 e. The summed E-state index contributed by atoms with van der Waals surface area (Å²) in [5.41, 5.74) is 3.45. The third-order valence-corrected chi connectivity index (χ3v) is 5.66. The fraction of sp³-hybridized carbons (Fsp3) is 0.409. The molecule has 0 aromatic heterocycles. The first-order valence-corrected chi connectivity index (χ1v) is 10.1. The zero-order valence-electron chi connectivity index (χ0n) is 17.2. The van der Waals surface area contributed by atoms with Crippen molar-refractivity contribution in [3.63, 3.8) is 0 Å². The van der Waals surface area contributed by atoms with Gasteiger partial charge in [-0.3, -0.25) is 4.90 Å². The Morgan fingerprint density at radius 1 is 1.03 bits per heavy atom. The van der Waals surface area contributed by atoms with Gasteiger partial charge in [0.2, 0.25) is 0 Å². The molecule has 0 radical (unpaired) electrons. The summed E-state index contributed by atoms with van der Waals surface area (Å²) in [4.78, 5) is 4.62. The Labute approximate surface area is 177 Å². The molecule has 0 unspecified atom stereocenters. The SMILES string of the molecule is COc1cc(C)c(CN2CCN(C(=S)NCc3ccc(F)cc3)CC2)cc1OC. The molecule has 0 saturated carbocycles. The van der Waals surface area contributed by atoms with Crippen LogP contribution in [-0.2, 0) is 13.1 Å². The van der Waals surface area contributed by atoms with Crippen LogP contribution in [0.1, 0.15) is 16.7 Å². The molecule has 1 N–H and O–H groups in total. The Balaban J connectivity index is 1.50. The lowest BCUT2D eigenvalue weighted by Gasteiger charge is -2.36. The molecule has 0 amide bonds. The van der Waals surface area contributed by atoms with Gasteiger partial charge in [0.15, 0.2) is 16.6 Å². The minimum atomic E-state index is -0.225. The van der Waals surface area contributed by atoms with Crippen molar-refractivity contribution in [3.8, 4) is 11.5 Å². The van der Waals surface area contributed by atoms with E-state index in [0.717, 1.165) is 54.9 Å². The van der Waals surface area contributed by atoms with Gasteiger partial charge in [-0.1, -0.05) is 12.1 Å². The Hall–Kier alpha value is -2.38. The number of thiocarbonyl (C=S) groups is 1. The number of rotatable bonds is 6. The maximum atomic E-state index is 13.0. The van der Waals surface area contributed by atoms with Crippen LogP contribution >= 0.6 is 12.2 Å². The van der Waals surface area contributed by atoms with Gasteiger partial charge in [0.25, 0.3) is 0 Å². The van der Waals surface area contributed by atoms with Gasteiger partial charge in [-0.2, -0.15) is 0 Å². The maximum Gasteiger partial charge on any atom is 0.169 e. The van der Waals surface area contributed by atoms with Gasteiger partial charge in [0.05, 0.1) is 14.2 Å². The van der Waals surface area contributed by atoms with Crippen molar-refractivity contribution in [1.29, 1.82) is 0 Å². The predicted molar refractivity (Wildman–Crippen MR) is 117 cm³/mol.